The number of imide groups is 1. The zero-order chi connectivity index (χ0) is 31.0. The smallest absolute Gasteiger partial charge is 0.421 e. The number of amides is 3. The van der Waals surface area contributed by atoms with Crippen LogP contribution in [0.15, 0.2) is 108 Å². The molecule has 4 aromatic carbocycles. The highest BCUT2D eigenvalue weighted by atomic mass is 79.9. The van der Waals surface area contributed by atoms with Gasteiger partial charge in [-0.05, 0) is 61.7 Å². The molecule has 0 saturated carbocycles. The van der Waals surface area contributed by atoms with Gasteiger partial charge in [-0.15, -0.1) is 0 Å². The summed E-state index contributed by atoms with van der Waals surface area (Å²) in [5.41, 5.74) is -0.540. The maximum Gasteiger partial charge on any atom is 0.421 e. The molecule has 0 radical (unpaired) electrons. The molecule has 1 saturated heterocycles. The molecule has 0 N–H and O–H groups in total. The lowest BCUT2D eigenvalue weighted by Crippen LogP contribution is -2.60. The lowest BCUT2D eigenvalue weighted by atomic mass is 9.57. The Hall–Kier alpha value is -4.27. The van der Waals surface area contributed by atoms with Crippen LogP contribution in [0.2, 0.25) is 0 Å². The number of anilines is 2. The largest absolute Gasteiger partial charge is 0.443 e. The van der Waals surface area contributed by atoms with Gasteiger partial charge in [0.15, 0.2) is 5.60 Å². The molecule has 4 atom stereocenters. The number of para-hydroxylation sites is 2. The van der Waals surface area contributed by atoms with E-state index in [-0.39, 0.29) is 5.91 Å². The minimum atomic E-state index is -1.79. The molecule has 0 aromatic heterocycles. The number of likely N-dealkylation sites (N-methyl/N-ethyl adjacent to an activating group) is 1. The third-order valence-corrected chi connectivity index (χ3v) is 9.45. The maximum absolute atomic E-state index is 15.5. The van der Waals surface area contributed by atoms with Gasteiger partial charge >= 0.3 is 6.09 Å². The molecule has 44 heavy (non-hydrogen) atoms. The van der Waals surface area contributed by atoms with Crippen LogP contribution in [0.25, 0.3) is 0 Å². The Labute approximate surface area is 264 Å². The SMILES string of the molecule is CN1C(=O)[C@]2(O[C@H](c3ccc(Br)cc3)[C@@H](c3ccccc3)[C@]23C(=O)N(C(=O)OC(C)(C)C)c2ccccc23)c2ccccc21. The molecule has 1 fully saturated rings. The molecule has 0 aliphatic carbocycles. The third-order valence-electron chi connectivity index (χ3n) is 8.92. The molecule has 8 heteroatoms. The predicted molar refractivity (Wildman–Crippen MR) is 171 cm³/mol. The zero-order valence-corrected chi connectivity index (χ0v) is 26.4. The number of fused-ring (bicyclic) bond motifs is 5. The van der Waals surface area contributed by atoms with Gasteiger partial charge in [-0.2, -0.15) is 0 Å². The standard InChI is InChI=1S/C36H31BrN2O5/c1-34(2,3)44-33(42)39-28-17-11-8-14-25(28)35(31(39)40)29(22-12-6-5-7-13-22)30(23-18-20-24(37)21-19-23)43-36(35)26-15-9-10-16-27(26)38(4)32(36)41/h5-21,29-30H,1-4H3/t29-,30-,35-,36-/m1/s1. The number of nitrogens with zero attached hydrogens (tertiary/aromatic N) is 2. The molecular weight excluding hydrogens is 620 g/mol. The van der Waals surface area contributed by atoms with Gasteiger partial charge in [0.1, 0.15) is 11.0 Å². The second-order valence-corrected chi connectivity index (χ2v) is 13.4. The number of carbonyl (C=O) groups excluding carboxylic acids is 3. The normalized spacial score (nSPS) is 25.6. The molecule has 3 amide bonds. The van der Waals surface area contributed by atoms with Crippen molar-refractivity contribution in [2.24, 2.45) is 0 Å². The molecule has 3 aliphatic heterocycles. The molecule has 3 heterocycles. The highest BCUT2D eigenvalue weighted by Gasteiger charge is 2.80. The summed E-state index contributed by atoms with van der Waals surface area (Å²) in [6.45, 7) is 5.28. The van der Waals surface area contributed by atoms with Crippen molar-refractivity contribution >= 4 is 45.2 Å². The average molecular weight is 652 g/mol. The van der Waals surface area contributed by atoms with Crippen molar-refractivity contribution in [1.29, 1.82) is 0 Å². The first-order valence-electron chi connectivity index (χ1n) is 14.6. The van der Waals surface area contributed by atoms with Crippen molar-refractivity contribution in [2.75, 3.05) is 16.8 Å². The quantitative estimate of drug-likeness (QED) is 0.226. The Morgan fingerprint density at radius 2 is 1.36 bits per heavy atom. The van der Waals surface area contributed by atoms with Crippen molar-refractivity contribution in [2.45, 2.75) is 49.4 Å². The number of hydrogen-bond acceptors (Lipinski definition) is 5. The van der Waals surface area contributed by atoms with E-state index >= 15 is 4.79 Å². The zero-order valence-electron chi connectivity index (χ0n) is 24.8. The van der Waals surface area contributed by atoms with Gasteiger partial charge in [0.2, 0.25) is 0 Å². The van der Waals surface area contributed by atoms with Gasteiger partial charge in [-0.1, -0.05) is 94.8 Å². The van der Waals surface area contributed by atoms with Crippen LogP contribution in [0.1, 0.15) is 55.0 Å². The second kappa shape index (κ2) is 9.87. The van der Waals surface area contributed by atoms with E-state index < -0.39 is 40.6 Å². The first-order chi connectivity index (χ1) is 21.0. The lowest BCUT2D eigenvalue weighted by Gasteiger charge is -2.40. The van der Waals surface area contributed by atoms with Crippen molar-refractivity contribution in [1.82, 2.24) is 0 Å². The molecule has 3 aliphatic rings. The minimum absolute atomic E-state index is 0.367. The summed E-state index contributed by atoms with van der Waals surface area (Å²) in [6, 6.07) is 32.0. The predicted octanol–water partition coefficient (Wildman–Crippen LogP) is 7.40. The summed E-state index contributed by atoms with van der Waals surface area (Å²) in [5.74, 6) is -1.62. The van der Waals surface area contributed by atoms with Gasteiger partial charge in [-0.3, -0.25) is 9.59 Å². The second-order valence-electron chi connectivity index (χ2n) is 12.5. The van der Waals surface area contributed by atoms with Crippen LogP contribution in [0.3, 0.4) is 0 Å². The highest BCUT2D eigenvalue weighted by molar-refractivity contribution is 9.10. The molecular formula is C36H31BrN2O5. The number of benzene rings is 4. The fraction of sp³-hybridized carbons (Fsp3) is 0.250. The van der Waals surface area contributed by atoms with Crippen LogP contribution in [-0.4, -0.2) is 30.6 Å². The fourth-order valence-corrected chi connectivity index (χ4v) is 7.61. The van der Waals surface area contributed by atoms with E-state index in [1.807, 2.05) is 91.0 Å². The van der Waals surface area contributed by atoms with Gasteiger partial charge in [-0.25, -0.2) is 9.69 Å². The molecule has 0 bridgehead atoms. The van der Waals surface area contributed by atoms with Crippen molar-refractivity contribution in [3.05, 3.63) is 130 Å². The number of hydrogen-bond donors (Lipinski definition) is 0. The van der Waals surface area contributed by atoms with Crippen molar-refractivity contribution < 1.29 is 23.9 Å². The summed E-state index contributed by atoms with van der Waals surface area (Å²) in [7, 11) is 1.70. The van der Waals surface area contributed by atoms with Crippen LogP contribution in [0, 0.1) is 0 Å². The van der Waals surface area contributed by atoms with Gasteiger partial charge < -0.3 is 14.4 Å². The van der Waals surface area contributed by atoms with E-state index in [1.165, 1.54) is 0 Å². The van der Waals surface area contributed by atoms with E-state index in [4.69, 9.17) is 9.47 Å². The molecule has 4 aromatic rings. The van der Waals surface area contributed by atoms with Crippen LogP contribution < -0.4 is 9.80 Å². The summed E-state index contributed by atoms with van der Waals surface area (Å²) in [4.78, 5) is 47.1. The van der Waals surface area contributed by atoms with Gasteiger partial charge in [0.25, 0.3) is 11.8 Å². The minimum Gasteiger partial charge on any atom is -0.443 e. The Balaban J connectivity index is 1.61. The van der Waals surface area contributed by atoms with Crippen molar-refractivity contribution in [3.63, 3.8) is 0 Å². The Kier molecular flexibility index (Phi) is 6.39. The van der Waals surface area contributed by atoms with Crippen molar-refractivity contribution in [3.8, 4) is 0 Å². The maximum atomic E-state index is 15.5. The number of carbonyl (C=O) groups is 3. The van der Waals surface area contributed by atoms with E-state index in [0.717, 1.165) is 20.5 Å². The molecule has 2 spiro atoms. The molecule has 0 unspecified atom stereocenters. The van der Waals surface area contributed by atoms with Crippen LogP contribution >= 0.6 is 15.9 Å². The van der Waals surface area contributed by atoms with E-state index in [2.05, 4.69) is 15.9 Å². The number of halogens is 1. The highest BCUT2D eigenvalue weighted by Crippen LogP contribution is 2.71. The lowest BCUT2D eigenvalue weighted by molar-refractivity contribution is -0.153. The summed E-state index contributed by atoms with van der Waals surface area (Å²) in [6.07, 6.45) is -1.53. The number of rotatable bonds is 2. The Morgan fingerprint density at radius 1 is 0.773 bits per heavy atom. The van der Waals surface area contributed by atoms with E-state index in [1.54, 1.807) is 44.9 Å². The van der Waals surface area contributed by atoms with Crippen LogP contribution in [0.4, 0.5) is 16.2 Å². The number of ether oxygens (including phenoxy) is 2. The Morgan fingerprint density at radius 3 is 2.02 bits per heavy atom. The van der Waals surface area contributed by atoms with E-state index in [9.17, 15) is 9.59 Å². The average Bonchev–Trinajstić information content (AvgIpc) is 3.55. The summed E-state index contributed by atoms with van der Waals surface area (Å²) < 4.78 is 13.9. The first-order valence-corrected chi connectivity index (χ1v) is 15.3. The first kappa shape index (κ1) is 28.5. The third kappa shape index (κ3) is 3.74. The summed E-state index contributed by atoms with van der Waals surface area (Å²) in [5, 5.41) is 0. The molecule has 222 valence electrons. The van der Waals surface area contributed by atoms with Crippen LogP contribution in [-0.2, 0) is 30.1 Å². The van der Waals surface area contributed by atoms with Gasteiger partial charge in [0, 0.05) is 23.0 Å². The monoisotopic (exact) mass is 650 g/mol. The topological polar surface area (TPSA) is 76.2 Å². The summed E-state index contributed by atoms with van der Waals surface area (Å²) >= 11 is 3.54. The fourth-order valence-electron chi connectivity index (χ4n) is 7.35. The van der Waals surface area contributed by atoms with Gasteiger partial charge in [0.05, 0.1) is 17.5 Å². The molecule has 7 nitrogen and oxygen atoms in total. The molecule has 7 rings (SSSR count). The van der Waals surface area contributed by atoms with E-state index in [0.29, 0.717) is 22.5 Å². The van der Waals surface area contributed by atoms with Crippen LogP contribution in [0.5, 0.6) is 0 Å². The Bertz CT molecular complexity index is 1820.